The molecule has 0 aromatic carbocycles. The zero-order valence-corrected chi connectivity index (χ0v) is 52.1. The van der Waals surface area contributed by atoms with E-state index >= 15 is 0 Å². The quantitative estimate of drug-likeness (QED) is 0.0195. The molecule has 0 aromatic rings. The Hall–Kier alpha value is -2.12. The molecule has 80 heavy (non-hydrogen) atoms. The van der Waals surface area contributed by atoms with Crippen LogP contribution in [0.15, 0.2) is 36.5 Å². The smallest absolute Gasteiger partial charge is 0.305 e. The van der Waals surface area contributed by atoms with Crippen LogP contribution in [0.2, 0.25) is 0 Å². The van der Waals surface area contributed by atoms with E-state index in [0.29, 0.717) is 19.4 Å². The maximum Gasteiger partial charge on any atom is 0.305 e. The van der Waals surface area contributed by atoms with Crippen LogP contribution in [0.3, 0.4) is 0 Å². The molecule has 1 saturated heterocycles. The molecule has 7 atom stereocenters. The van der Waals surface area contributed by atoms with Crippen LogP contribution < -0.4 is 5.32 Å². The van der Waals surface area contributed by atoms with Crippen LogP contribution in [0.25, 0.3) is 0 Å². The number of unbranched alkanes of at least 4 members (excludes halogenated alkanes) is 42. The van der Waals surface area contributed by atoms with E-state index in [0.717, 1.165) is 64.2 Å². The highest BCUT2D eigenvalue weighted by atomic mass is 16.7. The van der Waals surface area contributed by atoms with E-state index in [1.54, 1.807) is 6.08 Å². The van der Waals surface area contributed by atoms with Crippen LogP contribution in [-0.2, 0) is 23.8 Å². The SMILES string of the molecule is CCCCCCCCC/C=C/C(O)C(COC1OC(CO)C(O)C(O)C1O)NC(=O)CCCCCCCCCCCCCCCCC/C=C\C/C=C\CCCCCCCCCCCOC(=O)CCCCCCCCCCCCCC. The van der Waals surface area contributed by atoms with Gasteiger partial charge in [0.25, 0.3) is 0 Å². The number of carbonyl (C=O) groups excluding carboxylic acids is 2. The molecule has 11 heteroatoms. The van der Waals surface area contributed by atoms with Crippen LogP contribution in [0.5, 0.6) is 0 Å². The first-order valence-electron chi connectivity index (χ1n) is 34.3. The van der Waals surface area contributed by atoms with Crippen molar-refractivity contribution in [3.05, 3.63) is 36.5 Å². The highest BCUT2D eigenvalue weighted by molar-refractivity contribution is 5.76. The normalized spacial score (nSPS) is 18.5. The summed E-state index contributed by atoms with van der Waals surface area (Å²) in [5.41, 5.74) is 0. The van der Waals surface area contributed by atoms with Crippen molar-refractivity contribution in [1.82, 2.24) is 5.32 Å². The maximum absolute atomic E-state index is 13.0. The number of aliphatic hydroxyl groups is 5. The van der Waals surface area contributed by atoms with Crippen molar-refractivity contribution >= 4 is 11.9 Å². The summed E-state index contributed by atoms with van der Waals surface area (Å²) in [6.45, 7) is 4.33. The van der Waals surface area contributed by atoms with E-state index in [2.05, 4.69) is 43.5 Å². The monoisotopic (exact) mass is 1130 g/mol. The molecule has 0 radical (unpaired) electrons. The summed E-state index contributed by atoms with van der Waals surface area (Å²) in [6, 6.07) is -0.808. The highest BCUT2D eigenvalue weighted by Gasteiger charge is 2.44. The summed E-state index contributed by atoms with van der Waals surface area (Å²) in [6.07, 6.45) is 64.3. The Morgan fingerprint density at radius 1 is 0.463 bits per heavy atom. The number of aliphatic hydroxyl groups excluding tert-OH is 5. The van der Waals surface area contributed by atoms with Crippen molar-refractivity contribution in [2.75, 3.05) is 19.8 Å². The van der Waals surface area contributed by atoms with Crippen LogP contribution in [-0.4, -0.2) is 100 Å². The van der Waals surface area contributed by atoms with E-state index < -0.39 is 49.5 Å². The summed E-state index contributed by atoms with van der Waals surface area (Å²) < 4.78 is 16.7. The number of hydrogen-bond acceptors (Lipinski definition) is 10. The summed E-state index contributed by atoms with van der Waals surface area (Å²) in [4.78, 5) is 25.0. The van der Waals surface area contributed by atoms with Gasteiger partial charge < -0.3 is 45.1 Å². The van der Waals surface area contributed by atoms with Gasteiger partial charge in [-0.2, -0.15) is 0 Å². The predicted octanol–water partition coefficient (Wildman–Crippen LogP) is 17.0. The third-order valence-corrected chi connectivity index (χ3v) is 16.2. The Labute approximate surface area is 492 Å². The summed E-state index contributed by atoms with van der Waals surface area (Å²) in [5, 5.41) is 54.3. The van der Waals surface area contributed by atoms with Gasteiger partial charge in [-0.3, -0.25) is 9.59 Å². The molecule has 11 nitrogen and oxygen atoms in total. The van der Waals surface area contributed by atoms with Gasteiger partial charge in [-0.25, -0.2) is 0 Å². The van der Waals surface area contributed by atoms with Gasteiger partial charge in [0.05, 0.1) is 32.0 Å². The average molecular weight is 1130 g/mol. The maximum atomic E-state index is 13.0. The fourth-order valence-corrected chi connectivity index (χ4v) is 10.8. The number of ether oxygens (including phenoxy) is 3. The molecule has 0 bridgehead atoms. The fraction of sp³-hybridized carbons (Fsp3) is 0.884. The van der Waals surface area contributed by atoms with Gasteiger partial charge in [-0.05, 0) is 64.2 Å². The highest BCUT2D eigenvalue weighted by Crippen LogP contribution is 2.23. The molecule has 1 heterocycles. The van der Waals surface area contributed by atoms with Gasteiger partial charge in [0.2, 0.25) is 5.91 Å². The van der Waals surface area contributed by atoms with Gasteiger partial charge in [0, 0.05) is 12.8 Å². The van der Waals surface area contributed by atoms with Crippen molar-refractivity contribution in [3.63, 3.8) is 0 Å². The second-order valence-corrected chi connectivity index (χ2v) is 23.9. The van der Waals surface area contributed by atoms with E-state index in [4.69, 9.17) is 14.2 Å². The third kappa shape index (κ3) is 47.3. The lowest BCUT2D eigenvalue weighted by Gasteiger charge is -2.40. The number of carbonyl (C=O) groups is 2. The fourth-order valence-electron chi connectivity index (χ4n) is 10.8. The first kappa shape index (κ1) is 75.9. The molecule has 1 amide bonds. The number of amides is 1. The average Bonchev–Trinajstić information content (AvgIpc) is 3.46. The number of hydrogen-bond donors (Lipinski definition) is 6. The van der Waals surface area contributed by atoms with Crippen LogP contribution >= 0.6 is 0 Å². The van der Waals surface area contributed by atoms with Crippen molar-refractivity contribution < 1.29 is 49.3 Å². The molecule has 0 aliphatic carbocycles. The second-order valence-electron chi connectivity index (χ2n) is 23.9. The molecular weight excluding hydrogens is 1000 g/mol. The van der Waals surface area contributed by atoms with Gasteiger partial charge in [0.1, 0.15) is 24.4 Å². The molecule has 470 valence electrons. The molecule has 0 saturated carbocycles. The molecular formula is C69H129NO10. The Bertz CT molecular complexity index is 1420. The molecule has 6 N–H and O–H groups in total. The van der Waals surface area contributed by atoms with E-state index in [9.17, 15) is 35.1 Å². The lowest BCUT2D eigenvalue weighted by atomic mass is 9.99. The molecule has 1 rings (SSSR count). The van der Waals surface area contributed by atoms with Gasteiger partial charge in [-0.15, -0.1) is 0 Å². The molecule has 1 fully saturated rings. The van der Waals surface area contributed by atoms with Crippen molar-refractivity contribution in [3.8, 4) is 0 Å². The Morgan fingerprint density at radius 3 is 1.26 bits per heavy atom. The minimum Gasteiger partial charge on any atom is -0.466 e. The molecule has 1 aliphatic rings. The van der Waals surface area contributed by atoms with Gasteiger partial charge >= 0.3 is 5.97 Å². The summed E-state index contributed by atoms with van der Waals surface area (Å²) >= 11 is 0. The number of esters is 1. The minimum absolute atomic E-state index is 0.00601. The number of nitrogens with one attached hydrogen (secondary N) is 1. The number of rotatable bonds is 60. The van der Waals surface area contributed by atoms with E-state index in [1.807, 2.05) is 6.08 Å². The van der Waals surface area contributed by atoms with Crippen LogP contribution in [0.1, 0.15) is 328 Å². The Balaban J connectivity index is 1.94. The van der Waals surface area contributed by atoms with E-state index in [-0.39, 0.29) is 18.5 Å². The van der Waals surface area contributed by atoms with Crippen molar-refractivity contribution in [2.24, 2.45) is 0 Å². The first-order chi connectivity index (χ1) is 39.2. The molecule has 7 unspecified atom stereocenters. The van der Waals surface area contributed by atoms with Crippen LogP contribution in [0, 0.1) is 0 Å². The Kier molecular flexibility index (Phi) is 55.6. The van der Waals surface area contributed by atoms with Gasteiger partial charge in [-0.1, -0.05) is 288 Å². The second kappa shape index (κ2) is 58.6. The Morgan fingerprint density at radius 2 is 0.838 bits per heavy atom. The molecule has 0 spiro atoms. The zero-order valence-electron chi connectivity index (χ0n) is 52.1. The topological polar surface area (TPSA) is 175 Å². The lowest BCUT2D eigenvalue weighted by molar-refractivity contribution is -0.302. The largest absolute Gasteiger partial charge is 0.466 e. The minimum atomic E-state index is -1.57. The van der Waals surface area contributed by atoms with Crippen LogP contribution in [0.4, 0.5) is 0 Å². The van der Waals surface area contributed by atoms with Crippen molar-refractivity contribution in [2.45, 2.75) is 371 Å². The summed E-state index contributed by atoms with van der Waals surface area (Å²) in [5.74, 6) is -0.176. The standard InChI is InChI=1S/C69H129NO10/c1-3-5-7-9-11-13-14-37-41-45-49-53-57-65(74)78-58-54-50-46-42-38-35-33-31-29-27-25-23-21-19-17-15-16-18-20-22-24-26-28-30-32-34-36-40-44-48-52-56-64(73)70-61(62(72)55-51-47-43-39-12-10-8-6-4-2)60-79-69-68(77)67(76)66(75)63(59-71)80-69/h17,19,23,25,51,55,61-63,66-69,71-72,75-77H,3-16,18,20-22,24,26-50,52-54,56-60H2,1-2H3,(H,70,73)/b19-17-,25-23-,55-51+. The molecule has 1 aliphatic heterocycles. The third-order valence-electron chi connectivity index (χ3n) is 16.2. The van der Waals surface area contributed by atoms with Gasteiger partial charge in [0.15, 0.2) is 6.29 Å². The number of allylic oxidation sites excluding steroid dienone is 5. The predicted molar refractivity (Wildman–Crippen MR) is 334 cm³/mol. The van der Waals surface area contributed by atoms with Crippen molar-refractivity contribution in [1.29, 1.82) is 0 Å². The van der Waals surface area contributed by atoms with E-state index in [1.165, 1.54) is 238 Å². The summed E-state index contributed by atoms with van der Waals surface area (Å²) in [7, 11) is 0. The lowest BCUT2D eigenvalue weighted by Crippen LogP contribution is -2.60. The molecule has 0 aromatic heterocycles. The zero-order chi connectivity index (χ0) is 58.0. The first-order valence-corrected chi connectivity index (χ1v) is 34.3.